The van der Waals surface area contributed by atoms with Gasteiger partial charge in [-0.3, -0.25) is 0 Å². The molecular weight excluding hydrogens is 416 g/mol. The van der Waals surface area contributed by atoms with Crippen LogP contribution in [0, 0.1) is 0 Å². The van der Waals surface area contributed by atoms with Gasteiger partial charge in [0.2, 0.25) is 0 Å². The SMILES string of the molecule is CC(C)(C)[Si](OC[C@@H]1OC(c2ccccc2)OC[C@H]1O)(c1ccccc1)c1ccccc1. The van der Waals surface area contributed by atoms with Gasteiger partial charge in [-0.05, 0) is 15.4 Å². The van der Waals surface area contributed by atoms with Gasteiger partial charge in [0, 0.05) is 5.56 Å². The molecule has 0 bridgehead atoms. The third kappa shape index (κ3) is 4.58. The zero-order chi connectivity index (χ0) is 22.6. The summed E-state index contributed by atoms with van der Waals surface area (Å²) < 4.78 is 18.9. The van der Waals surface area contributed by atoms with Crippen LogP contribution < -0.4 is 10.4 Å². The number of aliphatic hydroxyl groups excluding tert-OH is 1. The van der Waals surface area contributed by atoms with Crippen molar-refractivity contribution in [3.63, 3.8) is 0 Å². The van der Waals surface area contributed by atoms with E-state index in [9.17, 15) is 5.11 Å². The molecule has 0 amide bonds. The fraction of sp³-hybridized carbons (Fsp3) is 0.333. The second-order valence-electron chi connectivity index (χ2n) is 9.29. The number of ether oxygens (including phenoxy) is 2. The van der Waals surface area contributed by atoms with E-state index >= 15 is 0 Å². The third-order valence-electron chi connectivity index (χ3n) is 6.10. The Morgan fingerprint density at radius 2 is 1.34 bits per heavy atom. The Morgan fingerprint density at radius 3 is 1.84 bits per heavy atom. The van der Waals surface area contributed by atoms with Crippen molar-refractivity contribution in [3.05, 3.63) is 96.6 Å². The Labute approximate surface area is 191 Å². The lowest BCUT2D eigenvalue weighted by atomic mass is 10.1. The Morgan fingerprint density at radius 1 is 0.844 bits per heavy atom. The smallest absolute Gasteiger partial charge is 0.261 e. The number of benzene rings is 3. The normalized spacial score (nSPS) is 21.9. The third-order valence-corrected chi connectivity index (χ3v) is 11.1. The molecule has 0 radical (unpaired) electrons. The second kappa shape index (κ2) is 9.69. The summed E-state index contributed by atoms with van der Waals surface area (Å²) in [5, 5.41) is 12.9. The van der Waals surface area contributed by atoms with Crippen LogP contribution in [0.4, 0.5) is 0 Å². The zero-order valence-electron chi connectivity index (χ0n) is 19.0. The Kier molecular flexibility index (Phi) is 6.93. The van der Waals surface area contributed by atoms with Crippen LogP contribution in [0.2, 0.25) is 5.04 Å². The van der Waals surface area contributed by atoms with Gasteiger partial charge in [0.1, 0.15) is 12.2 Å². The average Bonchev–Trinajstić information content (AvgIpc) is 2.81. The highest BCUT2D eigenvalue weighted by atomic mass is 28.4. The minimum Gasteiger partial charge on any atom is -0.405 e. The highest BCUT2D eigenvalue weighted by Gasteiger charge is 2.51. The molecule has 168 valence electrons. The van der Waals surface area contributed by atoms with Crippen LogP contribution in [-0.4, -0.2) is 38.8 Å². The molecule has 0 aliphatic carbocycles. The van der Waals surface area contributed by atoms with Crippen LogP contribution in [0.3, 0.4) is 0 Å². The Bertz CT molecular complexity index is 933. The molecule has 4 rings (SSSR count). The summed E-state index contributed by atoms with van der Waals surface area (Å²) in [5.41, 5.74) is 0.940. The van der Waals surface area contributed by atoms with Gasteiger partial charge in [0.25, 0.3) is 8.32 Å². The molecule has 1 aliphatic heterocycles. The summed E-state index contributed by atoms with van der Waals surface area (Å²) in [7, 11) is -2.70. The van der Waals surface area contributed by atoms with E-state index in [4.69, 9.17) is 13.9 Å². The van der Waals surface area contributed by atoms with Crippen molar-refractivity contribution >= 4 is 18.7 Å². The van der Waals surface area contributed by atoms with Gasteiger partial charge < -0.3 is 19.0 Å². The Hall–Kier alpha value is -2.28. The summed E-state index contributed by atoms with van der Waals surface area (Å²) in [6.07, 6.45) is -1.73. The minimum absolute atomic E-state index is 0.134. The summed E-state index contributed by atoms with van der Waals surface area (Å²) in [6.45, 7) is 7.24. The van der Waals surface area contributed by atoms with E-state index in [2.05, 4.69) is 69.3 Å². The van der Waals surface area contributed by atoms with Gasteiger partial charge in [-0.15, -0.1) is 0 Å². The molecule has 0 aromatic heterocycles. The van der Waals surface area contributed by atoms with E-state index in [1.165, 1.54) is 10.4 Å². The number of hydrogen-bond donors (Lipinski definition) is 1. The summed E-state index contributed by atoms with van der Waals surface area (Å²) in [5.74, 6) is 0. The average molecular weight is 449 g/mol. The van der Waals surface area contributed by atoms with Gasteiger partial charge in [-0.2, -0.15) is 0 Å². The molecule has 32 heavy (non-hydrogen) atoms. The van der Waals surface area contributed by atoms with Crippen LogP contribution in [0.5, 0.6) is 0 Å². The molecule has 3 atom stereocenters. The molecule has 1 heterocycles. The molecular formula is C27H32O4Si. The van der Waals surface area contributed by atoms with E-state index in [-0.39, 0.29) is 11.6 Å². The van der Waals surface area contributed by atoms with Crippen molar-refractivity contribution in [1.29, 1.82) is 0 Å². The van der Waals surface area contributed by atoms with E-state index in [0.717, 1.165) is 5.56 Å². The first kappa shape index (κ1) is 22.9. The molecule has 0 spiro atoms. The van der Waals surface area contributed by atoms with Crippen molar-refractivity contribution in [2.45, 2.75) is 44.3 Å². The first-order chi connectivity index (χ1) is 15.4. The molecule has 1 unspecified atom stereocenters. The predicted molar refractivity (Wildman–Crippen MR) is 130 cm³/mol. The molecule has 1 fully saturated rings. The van der Waals surface area contributed by atoms with Crippen molar-refractivity contribution < 1.29 is 19.0 Å². The first-order valence-electron chi connectivity index (χ1n) is 11.2. The highest BCUT2D eigenvalue weighted by Crippen LogP contribution is 2.37. The minimum atomic E-state index is -2.70. The lowest BCUT2D eigenvalue weighted by molar-refractivity contribution is -0.261. The fourth-order valence-corrected chi connectivity index (χ4v) is 9.06. The van der Waals surface area contributed by atoms with Gasteiger partial charge >= 0.3 is 0 Å². The lowest BCUT2D eigenvalue weighted by Gasteiger charge is -2.44. The van der Waals surface area contributed by atoms with Crippen LogP contribution in [0.25, 0.3) is 0 Å². The maximum atomic E-state index is 10.7. The fourth-order valence-electron chi connectivity index (χ4n) is 4.49. The monoisotopic (exact) mass is 448 g/mol. The van der Waals surface area contributed by atoms with Crippen molar-refractivity contribution in [2.75, 3.05) is 13.2 Å². The molecule has 3 aromatic rings. The lowest BCUT2D eigenvalue weighted by Crippen LogP contribution is -2.67. The maximum absolute atomic E-state index is 10.7. The standard InChI is InChI=1S/C27H32O4Si/c1-27(2,3)32(22-15-9-5-10-16-22,23-17-11-6-12-18-23)30-20-25-24(28)19-29-26(31-25)21-13-7-4-8-14-21/h4-18,24-26,28H,19-20H2,1-3H3/t24-,25+,26?/m1/s1. The van der Waals surface area contributed by atoms with E-state index in [0.29, 0.717) is 6.61 Å². The van der Waals surface area contributed by atoms with E-state index < -0.39 is 26.8 Å². The molecule has 3 aromatic carbocycles. The number of rotatable bonds is 6. The van der Waals surface area contributed by atoms with Crippen molar-refractivity contribution in [2.24, 2.45) is 0 Å². The van der Waals surface area contributed by atoms with E-state index in [1.54, 1.807) is 0 Å². The first-order valence-corrected chi connectivity index (χ1v) is 13.1. The summed E-state index contributed by atoms with van der Waals surface area (Å²) in [4.78, 5) is 0. The van der Waals surface area contributed by atoms with E-state index in [1.807, 2.05) is 42.5 Å². The topological polar surface area (TPSA) is 47.9 Å². The van der Waals surface area contributed by atoms with Crippen LogP contribution in [-0.2, 0) is 13.9 Å². The van der Waals surface area contributed by atoms with Crippen LogP contribution in [0.15, 0.2) is 91.0 Å². The largest absolute Gasteiger partial charge is 0.405 e. The predicted octanol–water partition coefficient (Wildman–Crippen LogP) is 4.04. The maximum Gasteiger partial charge on any atom is 0.261 e. The highest BCUT2D eigenvalue weighted by molar-refractivity contribution is 6.99. The summed E-state index contributed by atoms with van der Waals surface area (Å²) in [6, 6.07) is 30.8. The molecule has 1 N–H and O–H groups in total. The molecule has 0 saturated carbocycles. The van der Waals surface area contributed by atoms with Gasteiger partial charge in [-0.1, -0.05) is 112 Å². The Balaban J connectivity index is 1.66. The molecule has 1 saturated heterocycles. The quantitative estimate of drug-likeness (QED) is 0.578. The van der Waals surface area contributed by atoms with Gasteiger partial charge in [-0.25, -0.2) is 0 Å². The van der Waals surface area contributed by atoms with Crippen molar-refractivity contribution in [3.8, 4) is 0 Å². The molecule has 1 aliphatic rings. The van der Waals surface area contributed by atoms with Crippen molar-refractivity contribution in [1.82, 2.24) is 0 Å². The molecule has 4 nitrogen and oxygen atoms in total. The molecule has 5 heteroatoms. The number of hydrogen-bond acceptors (Lipinski definition) is 4. The number of aliphatic hydroxyl groups is 1. The van der Waals surface area contributed by atoms with Crippen LogP contribution in [0.1, 0.15) is 32.6 Å². The second-order valence-corrected chi connectivity index (χ2v) is 13.6. The zero-order valence-corrected chi connectivity index (χ0v) is 20.0. The van der Waals surface area contributed by atoms with Crippen LogP contribution >= 0.6 is 0 Å². The summed E-state index contributed by atoms with van der Waals surface area (Å²) >= 11 is 0. The van der Waals surface area contributed by atoms with Gasteiger partial charge in [0.05, 0.1) is 13.2 Å². The van der Waals surface area contributed by atoms with Gasteiger partial charge in [0.15, 0.2) is 6.29 Å².